The van der Waals surface area contributed by atoms with Gasteiger partial charge >= 0.3 is 0 Å². The molecule has 1 atom stereocenters. The number of aliphatic hydroxyl groups excluding tert-OH is 1. The van der Waals surface area contributed by atoms with Crippen LogP contribution >= 0.6 is 0 Å². The molecule has 17 heavy (non-hydrogen) atoms. The van der Waals surface area contributed by atoms with E-state index >= 15 is 0 Å². The standard InChI is InChI=1S/C14H20FNO/c1-4-9-16(10-5-2)13-8-6-7-12(15)14(13)11(3)17/h4,6-8,11,17H,1,5,9-10H2,2-3H3. The molecule has 3 heteroatoms. The average molecular weight is 237 g/mol. The number of halogens is 1. The van der Waals surface area contributed by atoms with Gasteiger partial charge in [0.2, 0.25) is 0 Å². The summed E-state index contributed by atoms with van der Waals surface area (Å²) in [6.45, 7) is 8.82. The van der Waals surface area contributed by atoms with Crippen molar-refractivity contribution in [3.63, 3.8) is 0 Å². The lowest BCUT2D eigenvalue weighted by Crippen LogP contribution is -2.26. The molecule has 0 saturated heterocycles. The lowest BCUT2D eigenvalue weighted by Gasteiger charge is -2.26. The van der Waals surface area contributed by atoms with Crippen LogP contribution < -0.4 is 4.90 Å². The highest BCUT2D eigenvalue weighted by atomic mass is 19.1. The summed E-state index contributed by atoms with van der Waals surface area (Å²) in [7, 11) is 0. The Kier molecular flexibility index (Phi) is 5.16. The van der Waals surface area contributed by atoms with E-state index in [0.29, 0.717) is 12.1 Å². The first kappa shape index (κ1) is 13.7. The number of rotatable bonds is 6. The Morgan fingerprint density at radius 2 is 2.24 bits per heavy atom. The topological polar surface area (TPSA) is 23.5 Å². The minimum absolute atomic E-state index is 0.359. The molecule has 1 unspecified atom stereocenters. The smallest absolute Gasteiger partial charge is 0.131 e. The minimum atomic E-state index is -0.810. The molecule has 0 aliphatic heterocycles. The molecule has 0 fully saturated rings. The van der Waals surface area contributed by atoms with Gasteiger partial charge in [0.25, 0.3) is 0 Å². The highest BCUT2D eigenvalue weighted by molar-refractivity contribution is 5.55. The number of nitrogens with zero attached hydrogens (tertiary/aromatic N) is 1. The normalized spacial score (nSPS) is 12.2. The first-order chi connectivity index (χ1) is 8.11. The van der Waals surface area contributed by atoms with Gasteiger partial charge < -0.3 is 10.0 Å². The lowest BCUT2D eigenvalue weighted by molar-refractivity contribution is 0.194. The molecule has 0 bridgehead atoms. The summed E-state index contributed by atoms with van der Waals surface area (Å²) >= 11 is 0. The van der Waals surface area contributed by atoms with Crippen molar-refractivity contribution in [3.8, 4) is 0 Å². The van der Waals surface area contributed by atoms with E-state index in [4.69, 9.17) is 0 Å². The second-order valence-corrected chi connectivity index (χ2v) is 4.08. The maximum atomic E-state index is 13.7. The van der Waals surface area contributed by atoms with E-state index < -0.39 is 6.10 Å². The van der Waals surface area contributed by atoms with Gasteiger partial charge in [0.15, 0.2) is 0 Å². The summed E-state index contributed by atoms with van der Waals surface area (Å²) in [4.78, 5) is 2.03. The van der Waals surface area contributed by atoms with Gasteiger partial charge in [0.1, 0.15) is 5.82 Å². The van der Waals surface area contributed by atoms with Gasteiger partial charge in [-0.05, 0) is 25.5 Å². The van der Waals surface area contributed by atoms with Gasteiger partial charge in [0.05, 0.1) is 6.10 Å². The molecule has 2 nitrogen and oxygen atoms in total. The summed E-state index contributed by atoms with van der Waals surface area (Å²) in [6, 6.07) is 4.89. The SMILES string of the molecule is C=CCN(CCC)c1cccc(F)c1C(C)O. The number of benzene rings is 1. The van der Waals surface area contributed by atoms with Crippen LogP contribution in [-0.2, 0) is 0 Å². The third-order valence-corrected chi connectivity index (χ3v) is 2.63. The van der Waals surface area contributed by atoms with Crippen molar-refractivity contribution >= 4 is 5.69 Å². The fourth-order valence-corrected chi connectivity index (χ4v) is 1.95. The molecule has 0 aromatic heterocycles. The van der Waals surface area contributed by atoms with Crippen LogP contribution in [0.2, 0.25) is 0 Å². The summed E-state index contributed by atoms with van der Waals surface area (Å²) in [6.07, 6.45) is 1.94. The van der Waals surface area contributed by atoms with Crippen LogP contribution in [0.1, 0.15) is 31.9 Å². The molecule has 1 N–H and O–H groups in total. The number of aliphatic hydroxyl groups is 1. The van der Waals surface area contributed by atoms with Crippen LogP contribution in [0, 0.1) is 5.82 Å². The molecule has 0 amide bonds. The monoisotopic (exact) mass is 237 g/mol. The Morgan fingerprint density at radius 1 is 1.53 bits per heavy atom. The van der Waals surface area contributed by atoms with Crippen LogP contribution in [0.4, 0.5) is 10.1 Å². The zero-order chi connectivity index (χ0) is 12.8. The Balaban J connectivity index is 3.16. The van der Waals surface area contributed by atoms with E-state index in [1.54, 1.807) is 19.1 Å². The van der Waals surface area contributed by atoms with Crippen molar-refractivity contribution in [2.45, 2.75) is 26.4 Å². The average Bonchev–Trinajstić information content (AvgIpc) is 2.28. The second kappa shape index (κ2) is 6.40. The van der Waals surface area contributed by atoms with Crippen LogP contribution in [0.15, 0.2) is 30.9 Å². The Bertz CT molecular complexity index is 376. The summed E-state index contributed by atoms with van der Waals surface area (Å²) in [5.41, 5.74) is 1.12. The highest BCUT2D eigenvalue weighted by Crippen LogP contribution is 2.29. The van der Waals surface area contributed by atoms with Crippen molar-refractivity contribution in [1.29, 1.82) is 0 Å². The molecule has 0 aliphatic carbocycles. The predicted molar refractivity (Wildman–Crippen MR) is 69.7 cm³/mol. The fraction of sp³-hybridized carbons (Fsp3) is 0.429. The van der Waals surface area contributed by atoms with Crippen LogP contribution in [-0.4, -0.2) is 18.2 Å². The van der Waals surface area contributed by atoms with Crippen molar-refractivity contribution in [3.05, 3.63) is 42.2 Å². The first-order valence-electron chi connectivity index (χ1n) is 5.94. The third kappa shape index (κ3) is 3.30. The first-order valence-corrected chi connectivity index (χ1v) is 5.94. The fourth-order valence-electron chi connectivity index (χ4n) is 1.95. The van der Waals surface area contributed by atoms with Crippen LogP contribution in [0.3, 0.4) is 0 Å². The zero-order valence-corrected chi connectivity index (χ0v) is 10.5. The maximum Gasteiger partial charge on any atom is 0.131 e. The van der Waals surface area contributed by atoms with Gasteiger partial charge in [0, 0.05) is 24.3 Å². The Labute approximate surface area is 102 Å². The Morgan fingerprint density at radius 3 is 2.76 bits per heavy atom. The molecule has 0 radical (unpaired) electrons. The van der Waals surface area contributed by atoms with Crippen molar-refractivity contribution in [1.82, 2.24) is 0 Å². The van der Waals surface area contributed by atoms with E-state index in [9.17, 15) is 9.50 Å². The molecule has 1 rings (SSSR count). The highest BCUT2D eigenvalue weighted by Gasteiger charge is 2.17. The van der Waals surface area contributed by atoms with Crippen molar-refractivity contribution in [2.75, 3.05) is 18.0 Å². The summed E-state index contributed by atoms with van der Waals surface area (Å²) in [5.74, 6) is -0.359. The lowest BCUT2D eigenvalue weighted by atomic mass is 10.1. The van der Waals surface area contributed by atoms with Gasteiger partial charge in [-0.25, -0.2) is 4.39 Å². The predicted octanol–water partition coefficient (Wildman–Crippen LogP) is 3.28. The van der Waals surface area contributed by atoms with E-state index in [1.165, 1.54) is 6.07 Å². The van der Waals surface area contributed by atoms with Gasteiger partial charge in [-0.2, -0.15) is 0 Å². The van der Waals surface area contributed by atoms with Crippen LogP contribution in [0.5, 0.6) is 0 Å². The molecular weight excluding hydrogens is 217 g/mol. The molecule has 0 aliphatic rings. The van der Waals surface area contributed by atoms with Gasteiger partial charge in [-0.15, -0.1) is 6.58 Å². The van der Waals surface area contributed by atoms with Crippen molar-refractivity contribution < 1.29 is 9.50 Å². The molecular formula is C14H20FNO. The molecule has 94 valence electrons. The van der Waals surface area contributed by atoms with E-state index in [1.807, 2.05) is 11.0 Å². The molecule has 0 saturated carbocycles. The largest absolute Gasteiger partial charge is 0.389 e. The van der Waals surface area contributed by atoms with E-state index in [2.05, 4.69) is 13.5 Å². The summed E-state index contributed by atoms with van der Waals surface area (Å²) < 4.78 is 13.7. The van der Waals surface area contributed by atoms with Crippen LogP contribution in [0.25, 0.3) is 0 Å². The van der Waals surface area contributed by atoms with E-state index in [-0.39, 0.29) is 5.82 Å². The quantitative estimate of drug-likeness (QED) is 0.767. The van der Waals surface area contributed by atoms with E-state index in [0.717, 1.165) is 18.7 Å². The molecule has 0 spiro atoms. The summed E-state index contributed by atoms with van der Waals surface area (Å²) in [5, 5.41) is 9.68. The molecule has 0 heterocycles. The third-order valence-electron chi connectivity index (χ3n) is 2.63. The second-order valence-electron chi connectivity index (χ2n) is 4.08. The van der Waals surface area contributed by atoms with Gasteiger partial charge in [-0.1, -0.05) is 19.1 Å². The number of hydrogen-bond acceptors (Lipinski definition) is 2. The zero-order valence-electron chi connectivity index (χ0n) is 10.5. The number of hydrogen-bond donors (Lipinski definition) is 1. The Hall–Kier alpha value is -1.35. The maximum absolute atomic E-state index is 13.7. The van der Waals surface area contributed by atoms with Crippen molar-refractivity contribution in [2.24, 2.45) is 0 Å². The molecule has 1 aromatic carbocycles. The minimum Gasteiger partial charge on any atom is -0.389 e. The molecule has 1 aromatic rings. The number of anilines is 1. The van der Waals surface area contributed by atoms with Gasteiger partial charge in [-0.3, -0.25) is 0 Å².